The van der Waals surface area contributed by atoms with Crippen molar-refractivity contribution in [3.63, 3.8) is 0 Å². The molecule has 0 atom stereocenters. The second-order valence-corrected chi connectivity index (χ2v) is 3.68. The van der Waals surface area contributed by atoms with Crippen LogP contribution in [0.5, 0.6) is 0 Å². The normalized spacial score (nSPS) is 10.9. The van der Waals surface area contributed by atoms with Gasteiger partial charge in [-0.1, -0.05) is 0 Å². The molecule has 0 fully saturated rings. The van der Waals surface area contributed by atoms with Gasteiger partial charge in [0.05, 0.1) is 6.54 Å². The number of rotatable bonds is 5. The first-order chi connectivity index (χ1) is 7.06. The molecule has 0 aliphatic rings. The maximum absolute atomic E-state index is 11.7. The summed E-state index contributed by atoms with van der Waals surface area (Å²) in [4.78, 5) is 22.9. The van der Waals surface area contributed by atoms with Gasteiger partial charge < -0.3 is 4.74 Å². The smallest absolute Gasteiger partial charge is 0.328 e. The Balaban J connectivity index is 2.79. The van der Waals surface area contributed by atoms with Crippen molar-refractivity contribution in [3.8, 4) is 0 Å². The van der Waals surface area contributed by atoms with Gasteiger partial charge in [0.15, 0.2) is 5.78 Å². The molecule has 5 nitrogen and oxygen atoms in total. The number of carbonyl (C=O) groups excluding carboxylic acids is 1. The molecule has 0 spiro atoms. The van der Waals surface area contributed by atoms with E-state index in [1.165, 1.54) is 11.7 Å². The van der Waals surface area contributed by atoms with Gasteiger partial charge in [-0.05, 0) is 13.8 Å². The van der Waals surface area contributed by atoms with E-state index in [1.54, 1.807) is 17.0 Å². The molecule has 0 amide bonds. The number of imidazole rings is 1. The van der Waals surface area contributed by atoms with E-state index in [0.717, 1.165) is 0 Å². The van der Waals surface area contributed by atoms with Crippen LogP contribution in [0.1, 0.15) is 19.9 Å². The fourth-order valence-electron chi connectivity index (χ4n) is 1.34. The summed E-state index contributed by atoms with van der Waals surface area (Å²) in [6.07, 6.45) is 3.31. The quantitative estimate of drug-likeness (QED) is 0.712. The molecule has 0 aliphatic carbocycles. The lowest BCUT2D eigenvalue weighted by molar-refractivity contribution is -0.123. The molecule has 0 aromatic carbocycles. The van der Waals surface area contributed by atoms with Gasteiger partial charge in [-0.3, -0.25) is 13.9 Å². The molecule has 1 aromatic heterocycles. The summed E-state index contributed by atoms with van der Waals surface area (Å²) in [5.41, 5.74) is -0.158. The predicted octanol–water partition coefficient (Wildman–Crippen LogP) is 0.446. The van der Waals surface area contributed by atoms with Crippen LogP contribution in [-0.4, -0.2) is 28.6 Å². The molecule has 0 aliphatic heterocycles. The van der Waals surface area contributed by atoms with E-state index in [0.29, 0.717) is 0 Å². The Morgan fingerprint density at radius 3 is 2.60 bits per heavy atom. The van der Waals surface area contributed by atoms with Crippen LogP contribution in [0, 0.1) is 0 Å². The van der Waals surface area contributed by atoms with E-state index in [-0.39, 0.29) is 30.7 Å². The summed E-state index contributed by atoms with van der Waals surface area (Å²) >= 11 is 0. The number of hydrogen-bond donors (Lipinski definition) is 0. The molecule has 1 aromatic rings. The van der Waals surface area contributed by atoms with Crippen molar-refractivity contribution < 1.29 is 9.53 Å². The molecule has 0 unspecified atom stereocenters. The lowest BCUT2D eigenvalue weighted by Crippen LogP contribution is -2.28. The maximum Gasteiger partial charge on any atom is 0.328 e. The van der Waals surface area contributed by atoms with Crippen LogP contribution in [0.2, 0.25) is 0 Å². The number of hydrogen-bond acceptors (Lipinski definition) is 3. The zero-order valence-electron chi connectivity index (χ0n) is 9.27. The molecular weight excluding hydrogens is 196 g/mol. The molecule has 5 heteroatoms. The van der Waals surface area contributed by atoms with Crippen molar-refractivity contribution in [2.24, 2.45) is 0 Å². The predicted molar refractivity (Wildman–Crippen MR) is 56.0 cm³/mol. The zero-order chi connectivity index (χ0) is 11.4. The fraction of sp³-hybridized carbons (Fsp3) is 0.600. The first-order valence-corrected chi connectivity index (χ1v) is 4.84. The number of ketones is 1. The van der Waals surface area contributed by atoms with Gasteiger partial charge in [-0.25, -0.2) is 4.79 Å². The van der Waals surface area contributed by atoms with Crippen molar-refractivity contribution in [3.05, 3.63) is 22.9 Å². The van der Waals surface area contributed by atoms with Gasteiger partial charge in [-0.15, -0.1) is 0 Å². The molecule has 0 N–H and O–H groups in total. The van der Waals surface area contributed by atoms with Crippen molar-refractivity contribution in [2.75, 3.05) is 13.7 Å². The number of methoxy groups -OCH3 is 1. The molecule has 0 bridgehead atoms. The summed E-state index contributed by atoms with van der Waals surface area (Å²) in [6.45, 7) is 3.96. The first-order valence-electron chi connectivity index (χ1n) is 4.84. The van der Waals surface area contributed by atoms with Crippen LogP contribution in [-0.2, 0) is 16.1 Å². The van der Waals surface area contributed by atoms with E-state index >= 15 is 0 Å². The number of aromatic nitrogens is 2. The highest BCUT2D eigenvalue weighted by Crippen LogP contribution is 1.98. The second-order valence-electron chi connectivity index (χ2n) is 3.68. The minimum Gasteiger partial charge on any atom is -0.377 e. The molecule has 15 heavy (non-hydrogen) atoms. The van der Waals surface area contributed by atoms with Crippen LogP contribution >= 0.6 is 0 Å². The van der Waals surface area contributed by atoms with Gasteiger partial charge in [0, 0.05) is 25.5 Å². The average Bonchev–Trinajstić information content (AvgIpc) is 2.48. The van der Waals surface area contributed by atoms with Gasteiger partial charge >= 0.3 is 5.69 Å². The third-order valence-electron chi connectivity index (χ3n) is 2.08. The molecule has 1 rings (SSSR count). The highest BCUT2D eigenvalue weighted by atomic mass is 16.5. The number of carbonyl (C=O) groups is 1. The standard InChI is InChI=1S/C10H16N2O3/c1-8(2)12-5-4-11(10(12)14)6-9(13)7-15-3/h4-5,8H,6-7H2,1-3H3. The third-order valence-corrected chi connectivity index (χ3v) is 2.08. The monoisotopic (exact) mass is 212 g/mol. The van der Waals surface area contributed by atoms with Crippen LogP contribution in [0.25, 0.3) is 0 Å². The first kappa shape index (κ1) is 11.7. The van der Waals surface area contributed by atoms with E-state index in [2.05, 4.69) is 0 Å². The maximum atomic E-state index is 11.7. The van der Waals surface area contributed by atoms with Gasteiger partial charge in [0.25, 0.3) is 0 Å². The van der Waals surface area contributed by atoms with Crippen molar-refractivity contribution in [2.45, 2.75) is 26.4 Å². The molecule has 1 heterocycles. The Bertz CT molecular complexity index is 390. The van der Waals surface area contributed by atoms with E-state index in [1.807, 2.05) is 13.8 Å². The van der Waals surface area contributed by atoms with Crippen LogP contribution in [0.15, 0.2) is 17.2 Å². The lowest BCUT2D eigenvalue weighted by Gasteiger charge is -2.04. The minimum absolute atomic E-state index is 0.0410. The zero-order valence-corrected chi connectivity index (χ0v) is 9.27. The summed E-state index contributed by atoms with van der Waals surface area (Å²) < 4.78 is 7.67. The number of nitrogens with zero attached hydrogens (tertiary/aromatic N) is 2. The van der Waals surface area contributed by atoms with E-state index in [4.69, 9.17) is 4.74 Å². The van der Waals surface area contributed by atoms with E-state index < -0.39 is 0 Å². The highest BCUT2D eigenvalue weighted by molar-refractivity contribution is 5.79. The number of Topliss-reactive ketones (excluding diaryl/α,β-unsaturated/α-hetero) is 1. The Morgan fingerprint density at radius 1 is 1.47 bits per heavy atom. The summed E-state index contributed by atoms with van der Waals surface area (Å²) in [6, 6.07) is 0.108. The molecule has 84 valence electrons. The van der Waals surface area contributed by atoms with Crippen molar-refractivity contribution in [1.82, 2.24) is 9.13 Å². The highest BCUT2D eigenvalue weighted by Gasteiger charge is 2.09. The van der Waals surface area contributed by atoms with E-state index in [9.17, 15) is 9.59 Å². The summed E-state index contributed by atoms with van der Waals surface area (Å²) in [7, 11) is 1.46. The average molecular weight is 212 g/mol. The third kappa shape index (κ3) is 2.79. The minimum atomic E-state index is -0.158. The van der Waals surface area contributed by atoms with Crippen molar-refractivity contribution in [1.29, 1.82) is 0 Å². The summed E-state index contributed by atoms with van der Waals surface area (Å²) in [5, 5.41) is 0. The molecular formula is C10H16N2O3. The van der Waals surface area contributed by atoms with Crippen LogP contribution in [0.4, 0.5) is 0 Å². The lowest BCUT2D eigenvalue weighted by atomic mass is 10.4. The fourth-order valence-corrected chi connectivity index (χ4v) is 1.34. The van der Waals surface area contributed by atoms with Gasteiger partial charge in [0.1, 0.15) is 6.61 Å². The summed E-state index contributed by atoms with van der Waals surface area (Å²) in [5.74, 6) is -0.110. The van der Waals surface area contributed by atoms with Crippen LogP contribution in [0.3, 0.4) is 0 Å². The Kier molecular flexibility index (Phi) is 3.85. The number of ether oxygens (including phenoxy) is 1. The SMILES string of the molecule is COCC(=O)Cn1ccn(C(C)C)c1=O. The van der Waals surface area contributed by atoms with Crippen LogP contribution < -0.4 is 5.69 Å². The Hall–Kier alpha value is -1.36. The second kappa shape index (κ2) is 4.93. The molecule has 0 saturated heterocycles. The molecule has 0 radical (unpaired) electrons. The van der Waals surface area contributed by atoms with Gasteiger partial charge in [0.2, 0.25) is 0 Å². The van der Waals surface area contributed by atoms with Crippen molar-refractivity contribution >= 4 is 5.78 Å². The topological polar surface area (TPSA) is 53.2 Å². The Labute approximate surface area is 88.3 Å². The largest absolute Gasteiger partial charge is 0.377 e. The van der Waals surface area contributed by atoms with Gasteiger partial charge in [-0.2, -0.15) is 0 Å². The Morgan fingerprint density at radius 2 is 2.13 bits per heavy atom. The molecule has 0 saturated carbocycles.